The molecule has 0 saturated carbocycles. The molecule has 0 aromatic carbocycles. The Hall–Kier alpha value is 0.330. The van der Waals surface area contributed by atoms with Crippen LogP contribution in [0.1, 0.15) is 52.4 Å². The number of amides is 1. The van der Waals surface area contributed by atoms with Crippen LogP contribution in [0.5, 0.6) is 0 Å². The molecule has 1 amide bonds. The molecule has 0 aliphatic rings. The maximum atomic E-state index is 11.5. The molecule has 2 nitrogen and oxygen atoms in total. The fourth-order valence-electron chi connectivity index (χ4n) is 2.16. The van der Waals surface area contributed by atoms with Crippen molar-refractivity contribution in [3.05, 3.63) is 0 Å². The molecular formula is C17H21Cl6NO. The molecule has 142 valence electrons. The van der Waals surface area contributed by atoms with Gasteiger partial charge in [0.25, 0.3) is 0 Å². The summed E-state index contributed by atoms with van der Waals surface area (Å²) in [7, 11) is 0. The summed E-state index contributed by atoms with van der Waals surface area (Å²) in [4.78, 5) is 11.5. The number of rotatable bonds is 10. The van der Waals surface area contributed by atoms with E-state index in [0.29, 0.717) is 6.42 Å². The van der Waals surface area contributed by atoms with Crippen LogP contribution in [0.2, 0.25) is 0 Å². The fraction of sp³-hybridized carbons (Fsp3) is 0.706. The van der Waals surface area contributed by atoms with Gasteiger partial charge in [-0.05, 0) is 29.9 Å². The quantitative estimate of drug-likeness (QED) is 0.238. The second kappa shape index (κ2) is 12.7. The Morgan fingerprint density at radius 2 is 1.68 bits per heavy atom. The van der Waals surface area contributed by atoms with Gasteiger partial charge in [-0.25, -0.2) is 0 Å². The van der Waals surface area contributed by atoms with Gasteiger partial charge in [-0.15, -0.1) is 11.6 Å². The normalized spacial score (nSPS) is 13.8. The summed E-state index contributed by atoms with van der Waals surface area (Å²) in [6.45, 7) is 3.53. The molecule has 0 spiro atoms. The molecule has 0 rings (SSSR count). The lowest BCUT2D eigenvalue weighted by molar-refractivity contribution is -0.119. The molecule has 1 N–H and O–H groups in total. The van der Waals surface area contributed by atoms with Gasteiger partial charge < -0.3 is 5.32 Å². The van der Waals surface area contributed by atoms with Gasteiger partial charge in [0, 0.05) is 24.3 Å². The Labute approximate surface area is 180 Å². The van der Waals surface area contributed by atoms with E-state index in [1.165, 1.54) is 6.92 Å². The smallest absolute Gasteiger partial charge is 0.217 e. The first kappa shape index (κ1) is 25.3. The van der Waals surface area contributed by atoms with Crippen LogP contribution in [0.25, 0.3) is 0 Å². The van der Waals surface area contributed by atoms with Crippen LogP contribution in [-0.4, -0.2) is 26.0 Å². The maximum absolute atomic E-state index is 11.5. The first-order valence-electron chi connectivity index (χ1n) is 7.89. The van der Waals surface area contributed by atoms with Gasteiger partial charge in [0.1, 0.15) is 0 Å². The molecule has 0 radical (unpaired) electrons. The van der Waals surface area contributed by atoms with Gasteiger partial charge in [-0.3, -0.25) is 4.79 Å². The average molecular weight is 468 g/mol. The number of alkyl halides is 5. The topological polar surface area (TPSA) is 29.1 Å². The summed E-state index contributed by atoms with van der Waals surface area (Å²) in [6.07, 6.45) is 5.89. The minimum atomic E-state index is -1.90. The highest BCUT2D eigenvalue weighted by Gasteiger charge is 2.54. The van der Waals surface area contributed by atoms with Gasteiger partial charge in [0.05, 0.1) is 5.38 Å². The second-order valence-electron chi connectivity index (χ2n) is 5.58. The average Bonchev–Trinajstić information content (AvgIpc) is 2.52. The van der Waals surface area contributed by atoms with Crippen LogP contribution in [-0.2, 0) is 4.79 Å². The van der Waals surface area contributed by atoms with Crippen molar-refractivity contribution in [1.29, 1.82) is 0 Å². The molecule has 0 heterocycles. The van der Waals surface area contributed by atoms with Gasteiger partial charge in [-0.2, -0.15) is 0 Å². The Morgan fingerprint density at radius 1 is 1.08 bits per heavy atom. The lowest BCUT2D eigenvalue weighted by Crippen LogP contribution is -2.53. The van der Waals surface area contributed by atoms with Crippen molar-refractivity contribution in [2.75, 3.05) is 0 Å². The van der Waals surface area contributed by atoms with Crippen LogP contribution in [0.15, 0.2) is 0 Å². The lowest BCUT2D eigenvalue weighted by Gasteiger charge is -2.37. The van der Waals surface area contributed by atoms with E-state index >= 15 is 0 Å². The second-order valence-corrected chi connectivity index (χ2v) is 8.95. The van der Waals surface area contributed by atoms with E-state index in [1.54, 1.807) is 0 Å². The van der Waals surface area contributed by atoms with E-state index in [2.05, 4.69) is 35.4 Å². The Kier molecular flexibility index (Phi) is 12.8. The minimum absolute atomic E-state index is 0.248. The zero-order chi connectivity index (χ0) is 19.5. The van der Waals surface area contributed by atoms with Crippen LogP contribution in [0, 0.1) is 23.1 Å². The summed E-state index contributed by atoms with van der Waals surface area (Å²) in [5, 5.41) is 3.86. The van der Waals surface area contributed by atoms with Crippen LogP contribution in [0.3, 0.4) is 0 Å². The van der Waals surface area contributed by atoms with Crippen molar-refractivity contribution in [3.8, 4) is 23.1 Å². The van der Waals surface area contributed by atoms with Crippen molar-refractivity contribution in [2.45, 2.75) is 72.5 Å². The summed E-state index contributed by atoms with van der Waals surface area (Å²) in [5.41, 5.74) is 0. The van der Waals surface area contributed by atoms with Gasteiger partial charge in [0.15, 0.2) is 4.33 Å². The molecule has 25 heavy (non-hydrogen) atoms. The molecule has 8 heteroatoms. The predicted octanol–water partition coefficient (Wildman–Crippen LogP) is 6.01. The van der Waals surface area contributed by atoms with E-state index in [1.807, 2.05) is 0 Å². The predicted molar refractivity (Wildman–Crippen MR) is 111 cm³/mol. The number of halogens is 6. The third-order valence-electron chi connectivity index (χ3n) is 3.45. The molecule has 0 saturated heterocycles. The SMILES string of the molecule is CCCCCCCC(NC(C)=O)C(Cl)C(Cl)(Cl)C(Cl)(Cl)C#CC#CCl. The fourth-order valence-corrected chi connectivity index (χ4v) is 3.40. The number of carbonyl (C=O) groups is 1. The van der Waals surface area contributed by atoms with E-state index in [4.69, 9.17) is 69.6 Å². The number of unbranched alkanes of at least 4 members (excludes halogenated alkanes) is 4. The van der Waals surface area contributed by atoms with Crippen molar-refractivity contribution in [2.24, 2.45) is 0 Å². The molecule has 0 aromatic heterocycles. The Balaban J connectivity index is 5.17. The third kappa shape index (κ3) is 9.19. The van der Waals surface area contributed by atoms with Crippen LogP contribution < -0.4 is 5.32 Å². The molecule has 0 aromatic rings. The monoisotopic (exact) mass is 465 g/mol. The van der Waals surface area contributed by atoms with Crippen molar-refractivity contribution in [3.63, 3.8) is 0 Å². The standard InChI is InChI=1S/C17H21Cl6NO/c1-3-4-5-6-7-10-14(24-13(2)25)15(19)17(22,23)16(20,21)11-8-9-12-18/h14-15H,3-7,10H2,1-2H3,(H,24,25). The summed E-state index contributed by atoms with van der Waals surface area (Å²) in [6, 6.07) is -0.506. The number of hydrogen-bond donors (Lipinski definition) is 1. The largest absolute Gasteiger partial charge is 0.352 e. The zero-order valence-corrected chi connectivity index (χ0v) is 18.6. The van der Waals surface area contributed by atoms with Gasteiger partial charge >= 0.3 is 0 Å². The van der Waals surface area contributed by atoms with E-state index in [-0.39, 0.29) is 5.91 Å². The number of carbonyl (C=O) groups excluding carboxylic acids is 1. The highest BCUT2D eigenvalue weighted by molar-refractivity contribution is 6.65. The molecule has 2 atom stereocenters. The molecule has 0 aliphatic carbocycles. The van der Waals surface area contributed by atoms with Crippen molar-refractivity contribution >= 4 is 75.5 Å². The van der Waals surface area contributed by atoms with Crippen LogP contribution >= 0.6 is 69.6 Å². The molecule has 0 bridgehead atoms. The minimum Gasteiger partial charge on any atom is -0.352 e. The van der Waals surface area contributed by atoms with Crippen molar-refractivity contribution < 1.29 is 4.79 Å². The number of nitrogens with one attached hydrogen (secondary N) is 1. The Morgan fingerprint density at radius 3 is 2.20 bits per heavy atom. The van der Waals surface area contributed by atoms with E-state index in [0.717, 1.165) is 32.1 Å². The Bertz CT molecular complexity index is 541. The maximum Gasteiger partial charge on any atom is 0.217 e. The lowest BCUT2D eigenvalue weighted by atomic mass is 10.00. The molecule has 0 fully saturated rings. The van der Waals surface area contributed by atoms with E-state index in [9.17, 15) is 4.79 Å². The van der Waals surface area contributed by atoms with Gasteiger partial charge in [0.2, 0.25) is 10.2 Å². The summed E-state index contributed by atoms with van der Waals surface area (Å²) < 4.78 is -3.75. The first-order chi connectivity index (χ1) is 11.6. The first-order valence-corrected chi connectivity index (χ1v) is 10.2. The molecule has 0 aliphatic heterocycles. The van der Waals surface area contributed by atoms with Gasteiger partial charge in [-0.1, -0.05) is 85.4 Å². The zero-order valence-electron chi connectivity index (χ0n) is 14.1. The van der Waals surface area contributed by atoms with Crippen LogP contribution in [0.4, 0.5) is 0 Å². The molecular weight excluding hydrogens is 447 g/mol. The highest BCUT2D eigenvalue weighted by atomic mass is 35.5. The highest BCUT2D eigenvalue weighted by Crippen LogP contribution is 2.48. The van der Waals surface area contributed by atoms with E-state index < -0.39 is 20.1 Å². The summed E-state index contributed by atoms with van der Waals surface area (Å²) >= 11 is 36.7. The van der Waals surface area contributed by atoms with Crippen molar-refractivity contribution in [1.82, 2.24) is 5.32 Å². The number of hydrogen-bond acceptors (Lipinski definition) is 1. The molecule has 2 unspecified atom stereocenters. The third-order valence-corrected chi connectivity index (χ3v) is 6.61. The summed E-state index contributed by atoms with van der Waals surface area (Å²) in [5.74, 6) is 6.83.